The molecule has 68 heavy (non-hydrogen) atoms. The van der Waals surface area contributed by atoms with E-state index in [0.717, 1.165) is 50.1 Å². The molecule has 11 rings (SSSR count). The van der Waals surface area contributed by atoms with Gasteiger partial charge >= 0.3 is 0 Å². The Morgan fingerprint density at radius 3 is 2.13 bits per heavy atom. The number of fused-ring (bicyclic) bond motifs is 2. The molecular weight excluding hydrogens is 911 g/mol. The van der Waals surface area contributed by atoms with Crippen molar-refractivity contribution in [1.29, 1.82) is 0 Å². The Kier molecular flexibility index (Phi) is 12.0. The lowest BCUT2D eigenvalue weighted by Gasteiger charge is -2.29. The van der Waals surface area contributed by atoms with Crippen molar-refractivity contribution < 1.29 is 28.5 Å². The molecule has 0 saturated carbocycles. The van der Waals surface area contributed by atoms with Crippen LogP contribution in [-0.2, 0) is 23.2 Å². The van der Waals surface area contributed by atoms with Crippen LogP contribution in [0.5, 0.6) is 11.8 Å². The summed E-state index contributed by atoms with van der Waals surface area (Å²) in [6.45, 7) is 4.11. The van der Waals surface area contributed by atoms with Gasteiger partial charge in [-0.2, -0.15) is 20.2 Å². The van der Waals surface area contributed by atoms with Crippen LogP contribution in [-0.4, -0.2) is 137 Å². The van der Waals surface area contributed by atoms with E-state index in [9.17, 15) is 9.59 Å². The number of piperidine rings is 1. The topological polar surface area (TPSA) is 211 Å². The zero-order valence-electron chi connectivity index (χ0n) is 37.6. The number of aromatic nitrogens is 10. The first-order valence-electron chi connectivity index (χ1n) is 22.4. The molecule has 8 aromatic rings. The number of aryl methyl sites for hydroxylation is 1. The van der Waals surface area contributed by atoms with Gasteiger partial charge in [-0.15, -0.1) is 22.7 Å². The highest BCUT2D eigenvalue weighted by molar-refractivity contribution is 7.12. The summed E-state index contributed by atoms with van der Waals surface area (Å²) < 4.78 is 32.0. The van der Waals surface area contributed by atoms with Crippen molar-refractivity contribution in [2.24, 2.45) is 7.05 Å². The second-order valence-corrected chi connectivity index (χ2v) is 18.9. The predicted octanol–water partition coefficient (Wildman–Crippen LogP) is 5.27. The van der Waals surface area contributed by atoms with Gasteiger partial charge in [-0.3, -0.25) is 23.9 Å². The summed E-state index contributed by atoms with van der Waals surface area (Å²) in [6, 6.07) is 7.58. The normalized spacial score (nSPS) is 17.9. The molecule has 11 heterocycles. The first kappa shape index (κ1) is 43.6. The summed E-state index contributed by atoms with van der Waals surface area (Å²) >= 11 is 2.69. The van der Waals surface area contributed by atoms with Gasteiger partial charge in [-0.1, -0.05) is 0 Å². The number of thiophene rings is 2. The van der Waals surface area contributed by atoms with Crippen molar-refractivity contribution in [3.63, 3.8) is 0 Å². The van der Waals surface area contributed by atoms with Crippen LogP contribution in [0.25, 0.3) is 33.4 Å². The number of carbonyl (C=O) groups excluding carboxylic acids is 2. The second kappa shape index (κ2) is 18.6. The fraction of sp³-hybridized carbons (Fsp3) is 0.378. The van der Waals surface area contributed by atoms with Gasteiger partial charge in [0.1, 0.15) is 29.9 Å². The molecule has 23 heteroatoms. The SMILES string of the molecule is CNC(=O)c1cc(Nc2nc(O[C@H]3CCOC3)c3c(ccn3-c3cnn(CN(c4csc(C(=O)NC5CCN(C)CC5)c4)c4nc(O[C@H]5CCOC5)c5c(ccn5-c5cnn(C)c5)n4)c3)n2)cs1. The van der Waals surface area contributed by atoms with Gasteiger partial charge in [-0.25, -0.2) is 9.97 Å². The Hall–Kier alpha value is -6.92. The lowest BCUT2D eigenvalue weighted by molar-refractivity contribution is 0.0919. The third kappa shape index (κ3) is 8.97. The maximum atomic E-state index is 13.7. The Morgan fingerprint density at radius 1 is 0.794 bits per heavy atom. The Labute approximate surface area is 397 Å². The van der Waals surface area contributed by atoms with Crippen LogP contribution >= 0.6 is 22.7 Å². The number of ether oxygens (including phenoxy) is 4. The van der Waals surface area contributed by atoms with Crippen LogP contribution in [0.4, 0.5) is 23.3 Å². The smallest absolute Gasteiger partial charge is 0.261 e. The van der Waals surface area contributed by atoms with E-state index < -0.39 is 0 Å². The Balaban J connectivity index is 0.950. The Morgan fingerprint density at radius 2 is 1.46 bits per heavy atom. The monoisotopic (exact) mass is 959 g/mol. The van der Waals surface area contributed by atoms with E-state index in [1.807, 2.05) is 74.8 Å². The number of anilines is 4. The number of hydrogen-bond acceptors (Lipinski definition) is 17. The summed E-state index contributed by atoms with van der Waals surface area (Å²) in [5.41, 5.74) is 5.61. The van der Waals surface area contributed by atoms with Gasteiger partial charge in [0.05, 0.1) is 88.6 Å². The van der Waals surface area contributed by atoms with Gasteiger partial charge in [0.25, 0.3) is 11.8 Å². The molecule has 21 nitrogen and oxygen atoms in total. The third-order valence-electron chi connectivity index (χ3n) is 12.2. The molecule has 3 aliphatic heterocycles. The van der Waals surface area contributed by atoms with Gasteiger partial charge in [0, 0.05) is 62.3 Å². The minimum atomic E-state index is -0.198. The highest BCUT2D eigenvalue weighted by Crippen LogP contribution is 2.36. The first-order valence-corrected chi connectivity index (χ1v) is 24.2. The molecule has 2 amide bonds. The van der Waals surface area contributed by atoms with E-state index in [-0.39, 0.29) is 36.7 Å². The van der Waals surface area contributed by atoms with Crippen LogP contribution in [0, 0.1) is 0 Å². The largest absolute Gasteiger partial charge is 0.470 e. The zero-order chi connectivity index (χ0) is 46.3. The summed E-state index contributed by atoms with van der Waals surface area (Å²) in [6.07, 6.45) is 14.1. The number of nitrogens with zero attached hydrogens (tertiary/aromatic N) is 12. The van der Waals surface area contributed by atoms with Crippen molar-refractivity contribution in [2.45, 2.75) is 50.6 Å². The summed E-state index contributed by atoms with van der Waals surface area (Å²) in [5.74, 6) is 1.17. The van der Waals surface area contributed by atoms with E-state index in [0.29, 0.717) is 93.3 Å². The first-order chi connectivity index (χ1) is 33.2. The second-order valence-electron chi connectivity index (χ2n) is 17.0. The molecule has 3 fully saturated rings. The number of nitrogens with one attached hydrogen (secondary N) is 3. The van der Waals surface area contributed by atoms with Gasteiger partial charge in [-0.05, 0) is 57.2 Å². The molecule has 0 aliphatic carbocycles. The van der Waals surface area contributed by atoms with Crippen LogP contribution in [0.3, 0.4) is 0 Å². The molecule has 8 aromatic heterocycles. The molecule has 352 valence electrons. The van der Waals surface area contributed by atoms with Crippen LogP contribution in [0.1, 0.15) is 45.0 Å². The van der Waals surface area contributed by atoms with Crippen molar-refractivity contribution >= 4 is 79.8 Å². The Bertz CT molecular complexity index is 3100. The van der Waals surface area contributed by atoms with Gasteiger partial charge in [0.15, 0.2) is 0 Å². The number of carbonyl (C=O) groups is 2. The molecular formula is C45H49N15O6S2. The molecule has 0 radical (unpaired) electrons. The fourth-order valence-corrected chi connectivity index (χ4v) is 10.2. The van der Waals surface area contributed by atoms with Crippen LogP contribution in [0.2, 0.25) is 0 Å². The molecule has 0 aromatic carbocycles. The number of likely N-dealkylation sites (tertiary alicyclic amines) is 1. The average Bonchev–Trinajstić information content (AvgIpc) is 4.19. The maximum absolute atomic E-state index is 13.7. The number of amides is 2. The molecule has 3 aliphatic rings. The van der Waals surface area contributed by atoms with Crippen molar-refractivity contribution in [3.8, 4) is 23.1 Å². The summed E-state index contributed by atoms with van der Waals surface area (Å²) in [7, 11) is 5.58. The third-order valence-corrected chi connectivity index (χ3v) is 14.0. The lowest BCUT2D eigenvalue weighted by Crippen LogP contribution is -2.43. The number of hydrogen-bond donors (Lipinski definition) is 3. The molecule has 0 spiro atoms. The van der Waals surface area contributed by atoms with Gasteiger partial charge in [0.2, 0.25) is 23.7 Å². The average molecular weight is 960 g/mol. The highest BCUT2D eigenvalue weighted by atomic mass is 32.1. The minimum absolute atomic E-state index is 0.108. The van der Waals surface area contributed by atoms with E-state index >= 15 is 0 Å². The molecule has 3 saturated heterocycles. The molecule has 3 N–H and O–H groups in total. The molecule has 0 bridgehead atoms. The summed E-state index contributed by atoms with van der Waals surface area (Å²) in [4.78, 5) is 51.3. The van der Waals surface area contributed by atoms with Crippen LogP contribution in [0.15, 0.2) is 72.2 Å². The summed E-state index contributed by atoms with van der Waals surface area (Å²) in [5, 5.41) is 22.2. The molecule has 0 unspecified atom stereocenters. The number of rotatable bonds is 15. The van der Waals surface area contributed by atoms with E-state index in [1.165, 1.54) is 22.7 Å². The standard InChI is InChI=1S/C45H49N15O6S2/c1-46-40(61)36-16-28(24-67-36)50-44-51-34-6-12-59(38(34)42(53-44)65-32-8-14-63-22-32)31-19-48-57(21-31)26-60(29-17-37(68-25-29)41(62)49-27-4-10-55(2)11-5-27)45-52-35-7-13-58(30-18-47-56(3)20-30)39(35)43(54-45)66-33-9-15-64-23-33/h6-7,12-13,16-21,24-25,27,32-33H,4-5,8-11,14-15,22-23,26H2,1-3H3,(H,46,61)(H,49,62)(H,50,51,53)/t32-,33-/m0/s1. The fourth-order valence-electron chi connectivity index (χ4n) is 8.57. The van der Waals surface area contributed by atoms with E-state index in [4.69, 9.17) is 44.0 Å². The highest BCUT2D eigenvalue weighted by Gasteiger charge is 2.28. The van der Waals surface area contributed by atoms with Crippen molar-refractivity contribution in [1.82, 2.24) is 64.2 Å². The van der Waals surface area contributed by atoms with Crippen LogP contribution < -0.4 is 30.3 Å². The van der Waals surface area contributed by atoms with Crippen molar-refractivity contribution in [3.05, 3.63) is 82.0 Å². The quantitative estimate of drug-likeness (QED) is 0.120. The molecule has 2 atom stereocenters. The van der Waals surface area contributed by atoms with E-state index in [2.05, 4.69) is 33.0 Å². The van der Waals surface area contributed by atoms with Gasteiger partial charge < -0.3 is 48.9 Å². The maximum Gasteiger partial charge on any atom is 0.261 e. The van der Waals surface area contributed by atoms with Crippen molar-refractivity contribution in [2.75, 3.05) is 63.8 Å². The minimum Gasteiger partial charge on any atom is -0.470 e. The lowest BCUT2D eigenvalue weighted by atomic mass is 10.1. The van der Waals surface area contributed by atoms with E-state index in [1.54, 1.807) is 34.9 Å². The zero-order valence-corrected chi connectivity index (χ0v) is 39.2. The predicted molar refractivity (Wildman–Crippen MR) is 255 cm³/mol.